The van der Waals surface area contributed by atoms with Crippen molar-refractivity contribution in [2.45, 2.75) is 13.5 Å². The van der Waals surface area contributed by atoms with E-state index in [0.29, 0.717) is 11.5 Å². The van der Waals surface area contributed by atoms with Crippen LogP contribution in [-0.2, 0) is 6.54 Å². The van der Waals surface area contributed by atoms with E-state index in [-0.39, 0.29) is 0 Å². The number of benzene rings is 1. The van der Waals surface area contributed by atoms with E-state index < -0.39 is 0 Å². The first kappa shape index (κ1) is 20.2. The number of aromatic nitrogens is 7. The topological polar surface area (TPSA) is 108 Å². The second-order valence-electron chi connectivity index (χ2n) is 8.05. The summed E-state index contributed by atoms with van der Waals surface area (Å²) in [5.74, 6) is 0.673. The molecule has 8 nitrogen and oxygen atoms in total. The van der Waals surface area contributed by atoms with Gasteiger partial charge in [0.15, 0.2) is 11.5 Å². The van der Waals surface area contributed by atoms with Crippen LogP contribution in [0.15, 0.2) is 73.3 Å². The van der Waals surface area contributed by atoms with E-state index in [9.17, 15) is 0 Å². The molecule has 0 aliphatic heterocycles. The fraction of sp³-hybridized carbons (Fsp3) is 0.115. The maximum atomic E-state index is 4.93. The Labute approximate surface area is 195 Å². The summed E-state index contributed by atoms with van der Waals surface area (Å²) in [6.45, 7) is 3.77. The Hall–Kier alpha value is -4.43. The van der Waals surface area contributed by atoms with Crippen molar-refractivity contribution in [3.8, 4) is 33.9 Å². The lowest BCUT2D eigenvalue weighted by Crippen LogP contribution is -2.11. The Bertz CT molecular complexity index is 1600. The highest BCUT2D eigenvalue weighted by Crippen LogP contribution is 2.31. The van der Waals surface area contributed by atoms with Crippen LogP contribution < -0.4 is 5.32 Å². The van der Waals surface area contributed by atoms with Crippen LogP contribution in [-0.4, -0.2) is 41.7 Å². The van der Waals surface area contributed by atoms with Gasteiger partial charge in [0.2, 0.25) is 0 Å². The van der Waals surface area contributed by atoms with Crippen LogP contribution in [0.3, 0.4) is 0 Å². The zero-order chi connectivity index (χ0) is 22.9. The zero-order valence-electron chi connectivity index (χ0n) is 18.6. The van der Waals surface area contributed by atoms with Crippen LogP contribution in [0, 0.1) is 0 Å². The highest BCUT2D eigenvalue weighted by Gasteiger charge is 2.17. The predicted octanol–water partition coefficient (Wildman–Crippen LogP) is 4.73. The number of para-hydroxylation sites is 1. The molecule has 0 aliphatic carbocycles. The van der Waals surface area contributed by atoms with Crippen LogP contribution >= 0.6 is 0 Å². The van der Waals surface area contributed by atoms with Crippen molar-refractivity contribution in [1.29, 1.82) is 0 Å². The Morgan fingerprint density at radius 3 is 2.65 bits per heavy atom. The van der Waals surface area contributed by atoms with Gasteiger partial charge >= 0.3 is 0 Å². The summed E-state index contributed by atoms with van der Waals surface area (Å²) in [7, 11) is 0. The van der Waals surface area contributed by atoms with Gasteiger partial charge in [0.25, 0.3) is 0 Å². The smallest absolute Gasteiger partial charge is 0.161 e. The second-order valence-corrected chi connectivity index (χ2v) is 8.05. The Balaban J connectivity index is 1.44. The lowest BCUT2D eigenvalue weighted by Gasteiger charge is -2.05. The number of rotatable bonds is 6. The molecule has 0 radical (unpaired) electrons. The highest BCUT2D eigenvalue weighted by molar-refractivity contribution is 5.96. The molecule has 166 valence electrons. The summed E-state index contributed by atoms with van der Waals surface area (Å²) in [4.78, 5) is 21.8. The van der Waals surface area contributed by atoms with Gasteiger partial charge in [-0.05, 0) is 54.1 Å². The number of nitrogens with one attached hydrogen (secondary N) is 3. The monoisotopic (exact) mass is 446 g/mol. The molecule has 0 bridgehead atoms. The van der Waals surface area contributed by atoms with Gasteiger partial charge in [-0.3, -0.25) is 15.1 Å². The van der Waals surface area contributed by atoms with Crippen molar-refractivity contribution in [3.05, 3.63) is 78.9 Å². The summed E-state index contributed by atoms with van der Waals surface area (Å²) in [6, 6.07) is 16.2. The van der Waals surface area contributed by atoms with Crippen molar-refractivity contribution in [2.75, 3.05) is 6.54 Å². The van der Waals surface area contributed by atoms with E-state index >= 15 is 0 Å². The SMILES string of the molecule is CCNCc1cncc(-c2ccc3[nH]nc(-c4nc5c(-c6ccncc6)cccc5[nH]4)c3n2)c1. The molecule has 34 heavy (non-hydrogen) atoms. The quantitative estimate of drug-likeness (QED) is 0.341. The van der Waals surface area contributed by atoms with E-state index in [1.807, 2.05) is 48.8 Å². The Kier molecular flexibility index (Phi) is 5.04. The van der Waals surface area contributed by atoms with Crippen molar-refractivity contribution in [1.82, 2.24) is 40.4 Å². The summed E-state index contributed by atoms with van der Waals surface area (Å²) >= 11 is 0. The Morgan fingerprint density at radius 1 is 0.853 bits per heavy atom. The van der Waals surface area contributed by atoms with Gasteiger partial charge in [-0.1, -0.05) is 19.1 Å². The number of hydrogen-bond acceptors (Lipinski definition) is 6. The Morgan fingerprint density at radius 2 is 1.76 bits per heavy atom. The number of fused-ring (bicyclic) bond motifs is 2. The molecule has 0 saturated heterocycles. The maximum Gasteiger partial charge on any atom is 0.161 e. The van der Waals surface area contributed by atoms with Gasteiger partial charge in [-0.15, -0.1) is 0 Å². The molecular weight excluding hydrogens is 424 g/mol. The molecule has 0 unspecified atom stereocenters. The minimum atomic E-state index is 0.673. The van der Waals surface area contributed by atoms with E-state index in [1.54, 1.807) is 12.4 Å². The minimum Gasteiger partial charge on any atom is -0.336 e. The van der Waals surface area contributed by atoms with Crippen molar-refractivity contribution in [3.63, 3.8) is 0 Å². The van der Waals surface area contributed by atoms with Crippen LogP contribution in [0.2, 0.25) is 0 Å². The number of hydrogen-bond donors (Lipinski definition) is 3. The van der Waals surface area contributed by atoms with Crippen molar-refractivity contribution >= 4 is 22.1 Å². The molecule has 6 aromatic rings. The summed E-state index contributed by atoms with van der Waals surface area (Å²) in [5, 5.41) is 11.0. The molecule has 5 heterocycles. The molecule has 0 saturated carbocycles. The van der Waals surface area contributed by atoms with Crippen LogP contribution in [0.25, 0.3) is 56.0 Å². The van der Waals surface area contributed by atoms with E-state index in [1.165, 1.54) is 0 Å². The maximum absolute atomic E-state index is 4.93. The molecule has 5 aromatic heterocycles. The average Bonchev–Trinajstić information content (AvgIpc) is 3.51. The van der Waals surface area contributed by atoms with Gasteiger partial charge < -0.3 is 10.3 Å². The molecule has 8 heteroatoms. The van der Waals surface area contributed by atoms with E-state index in [0.717, 1.165) is 63.1 Å². The third kappa shape index (κ3) is 3.60. The summed E-state index contributed by atoms with van der Waals surface area (Å²) < 4.78 is 0. The third-order valence-corrected chi connectivity index (χ3v) is 5.81. The molecule has 0 atom stereocenters. The summed E-state index contributed by atoms with van der Waals surface area (Å²) in [6.07, 6.45) is 7.29. The predicted molar refractivity (Wildman–Crippen MR) is 133 cm³/mol. The van der Waals surface area contributed by atoms with Gasteiger partial charge in [0.1, 0.15) is 5.52 Å². The third-order valence-electron chi connectivity index (χ3n) is 5.81. The standard InChI is InChI=1S/C26H22N8/c1-2-27-13-16-12-18(15-29-14-16)20-6-7-22-24(30-20)25(34-33-22)26-31-21-5-3-4-19(23(21)32-26)17-8-10-28-11-9-17/h3-12,14-15,27H,2,13H2,1H3,(H,31,32)(H,33,34). The minimum absolute atomic E-state index is 0.673. The van der Waals surface area contributed by atoms with Gasteiger partial charge in [-0.25, -0.2) is 9.97 Å². The van der Waals surface area contributed by atoms with Crippen LogP contribution in [0.1, 0.15) is 12.5 Å². The molecule has 0 spiro atoms. The molecule has 3 N–H and O–H groups in total. The first-order valence-corrected chi connectivity index (χ1v) is 11.2. The number of H-pyrrole nitrogens is 2. The first-order chi connectivity index (χ1) is 16.8. The average molecular weight is 447 g/mol. The van der Waals surface area contributed by atoms with Gasteiger partial charge in [-0.2, -0.15) is 5.10 Å². The second kappa shape index (κ2) is 8.49. The molecule has 6 rings (SSSR count). The van der Waals surface area contributed by atoms with Gasteiger partial charge in [0, 0.05) is 42.5 Å². The molecule has 0 aliphatic rings. The molecule has 0 fully saturated rings. The lowest BCUT2D eigenvalue weighted by molar-refractivity contribution is 0.724. The van der Waals surface area contributed by atoms with E-state index in [4.69, 9.17) is 9.97 Å². The highest BCUT2D eigenvalue weighted by atomic mass is 15.1. The summed E-state index contributed by atoms with van der Waals surface area (Å²) in [5.41, 5.74) is 9.16. The van der Waals surface area contributed by atoms with Gasteiger partial charge in [0.05, 0.1) is 22.2 Å². The number of imidazole rings is 1. The fourth-order valence-electron chi connectivity index (χ4n) is 4.13. The van der Waals surface area contributed by atoms with Crippen molar-refractivity contribution in [2.24, 2.45) is 0 Å². The van der Waals surface area contributed by atoms with Crippen molar-refractivity contribution < 1.29 is 0 Å². The number of aromatic amines is 2. The van der Waals surface area contributed by atoms with E-state index in [2.05, 4.69) is 49.5 Å². The molecular formula is C26H22N8. The lowest BCUT2D eigenvalue weighted by atomic mass is 10.1. The first-order valence-electron chi connectivity index (χ1n) is 11.2. The van der Waals surface area contributed by atoms with Crippen LogP contribution in [0.4, 0.5) is 0 Å². The number of pyridine rings is 3. The number of nitrogens with zero attached hydrogens (tertiary/aromatic N) is 5. The normalized spacial score (nSPS) is 11.4. The fourth-order valence-corrected chi connectivity index (χ4v) is 4.13. The van der Waals surface area contributed by atoms with Crippen LogP contribution in [0.5, 0.6) is 0 Å². The molecule has 0 amide bonds. The largest absolute Gasteiger partial charge is 0.336 e. The molecule has 1 aromatic carbocycles. The zero-order valence-corrected chi connectivity index (χ0v) is 18.6.